The Morgan fingerprint density at radius 2 is 1.95 bits per heavy atom. The van der Waals surface area contributed by atoms with E-state index in [4.69, 9.17) is 17.3 Å². The molecule has 0 aliphatic carbocycles. The molecular weight excluding hydrogens is 332 g/mol. The molecule has 0 bridgehead atoms. The minimum atomic E-state index is -0.278. The van der Waals surface area contributed by atoms with Gasteiger partial charge in [-0.15, -0.1) is 0 Å². The van der Waals surface area contributed by atoms with Crippen LogP contribution in [0.5, 0.6) is 0 Å². The number of carbonyl (C=O) groups is 2. The standard InChI is InChI=1S/C13H14BrClN2O2/c14-11-7-9(15)1-2-10(11)13(19)17-5-3-8(4-6-17)12(16)18/h1-2,7-8H,3-6H2,(H2,16,18). The number of nitrogens with two attached hydrogens (primary N) is 1. The Hall–Kier alpha value is -1.07. The number of likely N-dealkylation sites (tertiary alicyclic amines) is 1. The zero-order valence-electron chi connectivity index (χ0n) is 10.2. The van der Waals surface area contributed by atoms with E-state index in [1.165, 1.54) is 0 Å². The lowest BCUT2D eigenvalue weighted by molar-refractivity contribution is -0.123. The lowest BCUT2D eigenvalue weighted by Crippen LogP contribution is -2.41. The molecule has 0 radical (unpaired) electrons. The summed E-state index contributed by atoms with van der Waals surface area (Å²) in [5.41, 5.74) is 5.86. The van der Waals surface area contributed by atoms with E-state index in [1.807, 2.05) is 0 Å². The Labute approximate surface area is 125 Å². The maximum atomic E-state index is 12.3. The Morgan fingerprint density at radius 3 is 2.47 bits per heavy atom. The maximum absolute atomic E-state index is 12.3. The summed E-state index contributed by atoms with van der Waals surface area (Å²) < 4.78 is 0.682. The molecule has 1 aromatic carbocycles. The van der Waals surface area contributed by atoms with Gasteiger partial charge in [0, 0.05) is 28.5 Å². The highest BCUT2D eigenvalue weighted by atomic mass is 79.9. The Bertz CT molecular complexity index is 513. The smallest absolute Gasteiger partial charge is 0.254 e. The van der Waals surface area contributed by atoms with Crippen molar-refractivity contribution >= 4 is 39.3 Å². The summed E-state index contributed by atoms with van der Waals surface area (Å²) in [6, 6.07) is 5.09. The summed E-state index contributed by atoms with van der Waals surface area (Å²) in [4.78, 5) is 25.2. The average molecular weight is 346 g/mol. The SMILES string of the molecule is NC(=O)C1CCN(C(=O)c2ccc(Cl)cc2Br)CC1. The van der Waals surface area contributed by atoms with Crippen molar-refractivity contribution in [3.05, 3.63) is 33.3 Å². The first kappa shape index (κ1) is 14.3. The zero-order valence-corrected chi connectivity index (χ0v) is 12.6. The molecule has 1 saturated heterocycles. The van der Waals surface area contributed by atoms with E-state index in [-0.39, 0.29) is 17.7 Å². The second-order valence-corrected chi connectivity index (χ2v) is 5.88. The van der Waals surface area contributed by atoms with Crippen LogP contribution in [0.1, 0.15) is 23.2 Å². The van der Waals surface area contributed by atoms with Gasteiger partial charge in [-0.1, -0.05) is 11.6 Å². The number of hydrogen-bond donors (Lipinski definition) is 1. The van der Waals surface area contributed by atoms with E-state index >= 15 is 0 Å². The number of benzene rings is 1. The topological polar surface area (TPSA) is 63.4 Å². The number of carbonyl (C=O) groups excluding carboxylic acids is 2. The highest BCUT2D eigenvalue weighted by Gasteiger charge is 2.27. The van der Waals surface area contributed by atoms with Crippen molar-refractivity contribution in [1.82, 2.24) is 4.90 Å². The number of piperidine rings is 1. The van der Waals surface area contributed by atoms with Gasteiger partial charge < -0.3 is 10.6 Å². The van der Waals surface area contributed by atoms with Crippen molar-refractivity contribution in [3.8, 4) is 0 Å². The molecule has 19 heavy (non-hydrogen) atoms. The van der Waals surface area contributed by atoms with Gasteiger partial charge in [0.05, 0.1) is 5.56 Å². The molecule has 4 nitrogen and oxygen atoms in total. The van der Waals surface area contributed by atoms with E-state index in [0.29, 0.717) is 41.0 Å². The molecule has 2 rings (SSSR count). The molecule has 0 atom stereocenters. The van der Waals surface area contributed by atoms with Gasteiger partial charge in [0.1, 0.15) is 0 Å². The molecule has 0 spiro atoms. The van der Waals surface area contributed by atoms with Crippen LogP contribution in [0.15, 0.2) is 22.7 Å². The predicted molar refractivity (Wildman–Crippen MR) is 77.0 cm³/mol. The third-order valence-corrected chi connectivity index (χ3v) is 4.24. The van der Waals surface area contributed by atoms with Gasteiger partial charge in [0.2, 0.25) is 5.91 Å². The Balaban J connectivity index is 2.07. The summed E-state index contributed by atoms with van der Waals surface area (Å²) in [5.74, 6) is -0.441. The molecule has 0 aromatic heterocycles. The molecule has 6 heteroatoms. The molecular formula is C13H14BrClN2O2. The lowest BCUT2D eigenvalue weighted by Gasteiger charge is -2.30. The molecule has 1 aliphatic rings. The molecule has 102 valence electrons. The van der Waals surface area contributed by atoms with Gasteiger partial charge in [0.15, 0.2) is 0 Å². The van der Waals surface area contributed by atoms with E-state index < -0.39 is 0 Å². The number of hydrogen-bond acceptors (Lipinski definition) is 2. The first-order chi connectivity index (χ1) is 8.99. The fraction of sp³-hybridized carbons (Fsp3) is 0.385. The predicted octanol–water partition coefficient (Wildman–Crippen LogP) is 2.44. The first-order valence-corrected chi connectivity index (χ1v) is 7.20. The van der Waals surface area contributed by atoms with Crippen molar-refractivity contribution in [1.29, 1.82) is 0 Å². The number of nitrogens with zero attached hydrogens (tertiary/aromatic N) is 1. The molecule has 1 aromatic rings. The van der Waals surface area contributed by atoms with Gasteiger partial charge >= 0.3 is 0 Å². The summed E-state index contributed by atoms with van der Waals surface area (Å²) in [7, 11) is 0. The van der Waals surface area contributed by atoms with Crippen molar-refractivity contribution < 1.29 is 9.59 Å². The molecule has 0 saturated carbocycles. The van der Waals surface area contributed by atoms with Crippen molar-refractivity contribution in [2.45, 2.75) is 12.8 Å². The van der Waals surface area contributed by atoms with E-state index in [0.717, 1.165) is 0 Å². The summed E-state index contributed by atoms with van der Waals surface area (Å²) in [6.45, 7) is 1.11. The third-order valence-electron chi connectivity index (χ3n) is 3.35. The van der Waals surface area contributed by atoms with Gasteiger partial charge in [-0.05, 0) is 47.0 Å². The molecule has 0 unspecified atom stereocenters. The quantitative estimate of drug-likeness (QED) is 0.895. The van der Waals surface area contributed by atoms with E-state index in [9.17, 15) is 9.59 Å². The normalized spacial score (nSPS) is 16.4. The second kappa shape index (κ2) is 5.92. The van der Waals surface area contributed by atoms with Crippen molar-refractivity contribution in [2.75, 3.05) is 13.1 Å². The lowest BCUT2D eigenvalue weighted by atomic mass is 9.96. The van der Waals surface area contributed by atoms with Crippen LogP contribution in [0.25, 0.3) is 0 Å². The molecule has 1 fully saturated rings. The van der Waals surface area contributed by atoms with Crippen LogP contribution < -0.4 is 5.73 Å². The van der Waals surface area contributed by atoms with Gasteiger partial charge in [-0.3, -0.25) is 9.59 Å². The highest BCUT2D eigenvalue weighted by molar-refractivity contribution is 9.10. The fourth-order valence-corrected chi connectivity index (χ4v) is 3.05. The van der Waals surface area contributed by atoms with Crippen LogP contribution in [-0.2, 0) is 4.79 Å². The first-order valence-electron chi connectivity index (χ1n) is 6.02. The fourth-order valence-electron chi connectivity index (χ4n) is 2.20. The second-order valence-electron chi connectivity index (χ2n) is 4.59. The van der Waals surface area contributed by atoms with Crippen LogP contribution in [0, 0.1) is 5.92 Å². The summed E-state index contributed by atoms with van der Waals surface area (Å²) >= 11 is 9.20. The monoisotopic (exact) mass is 344 g/mol. The number of primary amides is 1. The van der Waals surface area contributed by atoms with Crippen LogP contribution in [0.2, 0.25) is 5.02 Å². The third kappa shape index (κ3) is 3.28. The van der Waals surface area contributed by atoms with Gasteiger partial charge in [0.25, 0.3) is 5.91 Å². The van der Waals surface area contributed by atoms with Gasteiger partial charge in [-0.2, -0.15) is 0 Å². The van der Waals surface area contributed by atoms with Crippen LogP contribution >= 0.6 is 27.5 Å². The van der Waals surface area contributed by atoms with Crippen LogP contribution in [0.4, 0.5) is 0 Å². The molecule has 1 aliphatic heterocycles. The van der Waals surface area contributed by atoms with Crippen LogP contribution in [0.3, 0.4) is 0 Å². The summed E-state index contributed by atoms with van der Waals surface area (Å²) in [6.07, 6.45) is 1.26. The van der Waals surface area contributed by atoms with Gasteiger partial charge in [-0.25, -0.2) is 0 Å². The highest BCUT2D eigenvalue weighted by Crippen LogP contribution is 2.25. The molecule has 2 N–H and O–H groups in total. The largest absolute Gasteiger partial charge is 0.369 e. The zero-order chi connectivity index (χ0) is 14.0. The van der Waals surface area contributed by atoms with Crippen molar-refractivity contribution in [3.63, 3.8) is 0 Å². The Morgan fingerprint density at radius 1 is 1.32 bits per heavy atom. The minimum absolute atomic E-state index is 0.0496. The van der Waals surface area contributed by atoms with Crippen LogP contribution in [-0.4, -0.2) is 29.8 Å². The van der Waals surface area contributed by atoms with E-state index in [1.54, 1.807) is 23.1 Å². The summed E-state index contributed by atoms with van der Waals surface area (Å²) in [5, 5.41) is 0.580. The maximum Gasteiger partial charge on any atom is 0.254 e. The number of rotatable bonds is 2. The molecule has 2 amide bonds. The van der Waals surface area contributed by atoms with E-state index in [2.05, 4.69) is 15.9 Å². The average Bonchev–Trinajstić information content (AvgIpc) is 2.38. The number of amides is 2. The minimum Gasteiger partial charge on any atom is -0.369 e. The Kier molecular flexibility index (Phi) is 4.47. The van der Waals surface area contributed by atoms with Crippen molar-refractivity contribution in [2.24, 2.45) is 11.7 Å². The molecule has 1 heterocycles. The number of halogens is 2.